The molecule has 1 rings (SSSR count). The van der Waals surface area contributed by atoms with Gasteiger partial charge in [-0.25, -0.2) is 0 Å². The Morgan fingerprint density at radius 2 is 2.21 bits per heavy atom. The Balaban J connectivity index is 2.27. The Morgan fingerprint density at radius 1 is 1.43 bits per heavy atom. The number of β-lactam (4-membered cyclic amide) rings is 1. The zero-order chi connectivity index (χ0) is 10.4. The van der Waals surface area contributed by atoms with Gasteiger partial charge in [0.25, 0.3) is 0 Å². The fourth-order valence-corrected chi connectivity index (χ4v) is 4.46. The molecule has 3 nitrogen and oxygen atoms in total. The maximum Gasteiger partial charge on any atom is 0.216 e. The van der Waals surface area contributed by atoms with E-state index in [2.05, 4.69) is 11.5 Å². The Labute approximate surface area is 88.3 Å². The largest absolute Gasteiger partial charge is 0.369 e. The minimum absolute atomic E-state index is 0.365. The number of carbonyl (C=O) groups excluding carboxylic acids is 1. The number of hydrogen-bond acceptors (Lipinski definition) is 2. The molecule has 0 aliphatic carbocycles. The first-order chi connectivity index (χ1) is 6.79. The second-order valence-corrected chi connectivity index (χ2v) is 6.53. The Morgan fingerprint density at radius 3 is 2.64 bits per heavy atom. The highest BCUT2D eigenvalue weighted by molar-refractivity contribution is 6.59. The van der Waals surface area contributed by atoms with Crippen molar-refractivity contribution in [2.45, 2.75) is 44.7 Å². The van der Waals surface area contributed by atoms with Gasteiger partial charge >= 0.3 is 0 Å². The van der Waals surface area contributed by atoms with E-state index in [0.29, 0.717) is 5.91 Å². The van der Waals surface area contributed by atoms with E-state index >= 15 is 0 Å². The second-order valence-electron chi connectivity index (χ2n) is 3.86. The van der Waals surface area contributed by atoms with Crippen molar-refractivity contribution in [1.29, 1.82) is 0 Å². The van der Waals surface area contributed by atoms with Gasteiger partial charge in [0.1, 0.15) is 0 Å². The lowest BCUT2D eigenvalue weighted by molar-refractivity contribution is -0.133. The highest BCUT2D eigenvalue weighted by Crippen LogP contribution is 2.18. The minimum Gasteiger partial charge on any atom is -0.369 e. The van der Waals surface area contributed by atoms with Crippen molar-refractivity contribution in [2.24, 2.45) is 5.73 Å². The van der Waals surface area contributed by atoms with E-state index in [1.165, 1.54) is 25.3 Å². The minimum atomic E-state index is -0.600. The molecular weight excluding hydrogens is 192 g/mol. The number of hydrogen-bond donors (Lipinski definition) is 1. The van der Waals surface area contributed by atoms with Crippen molar-refractivity contribution in [2.75, 3.05) is 13.1 Å². The topological polar surface area (TPSA) is 46.3 Å². The van der Waals surface area contributed by atoms with E-state index in [0.717, 1.165) is 25.6 Å². The molecule has 0 aromatic heterocycles. The molecule has 0 aromatic rings. The zero-order valence-electron chi connectivity index (χ0n) is 9.09. The third kappa shape index (κ3) is 3.10. The summed E-state index contributed by atoms with van der Waals surface area (Å²) in [5.41, 5.74) is 5.58. The van der Waals surface area contributed by atoms with E-state index in [1.54, 1.807) is 0 Å². The third-order valence-corrected chi connectivity index (χ3v) is 5.77. The Hall–Kier alpha value is -0.353. The van der Waals surface area contributed by atoms with Crippen LogP contribution in [0.1, 0.15) is 32.6 Å². The summed E-state index contributed by atoms with van der Waals surface area (Å²) in [4.78, 5) is 11.3. The van der Waals surface area contributed by atoms with E-state index in [-0.39, 0.29) is 0 Å². The molecule has 1 saturated heterocycles. The van der Waals surface area contributed by atoms with Crippen LogP contribution in [0.4, 0.5) is 0 Å². The van der Waals surface area contributed by atoms with Crippen LogP contribution in [0.15, 0.2) is 0 Å². The SMILES string of the molecule is CCCCC[Si](CCN)N1CCC1=O. The van der Waals surface area contributed by atoms with Gasteiger partial charge in [0.15, 0.2) is 8.96 Å². The molecule has 1 amide bonds. The van der Waals surface area contributed by atoms with Crippen LogP contribution in [0.5, 0.6) is 0 Å². The van der Waals surface area contributed by atoms with Gasteiger partial charge in [-0.05, 0) is 18.6 Å². The van der Waals surface area contributed by atoms with Gasteiger partial charge in [0, 0.05) is 13.0 Å². The highest BCUT2D eigenvalue weighted by Gasteiger charge is 2.31. The smallest absolute Gasteiger partial charge is 0.216 e. The van der Waals surface area contributed by atoms with Gasteiger partial charge in [-0.1, -0.05) is 26.2 Å². The summed E-state index contributed by atoms with van der Waals surface area (Å²) in [6.07, 6.45) is 4.59. The molecule has 0 bridgehead atoms. The van der Waals surface area contributed by atoms with Crippen LogP contribution < -0.4 is 5.73 Å². The predicted molar refractivity (Wildman–Crippen MR) is 60.3 cm³/mol. The second kappa shape index (κ2) is 6.19. The molecule has 1 aliphatic rings. The molecule has 2 N–H and O–H groups in total. The number of carbonyl (C=O) groups is 1. The van der Waals surface area contributed by atoms with Gasteiger partial charge in [-0.2, -0.15) is 0 Å². The Kier molecular flexibility index (Phi) is 5.18. The molecule has 1 heterocycles. The maximum absolute atomic E-state index is 11.3. The van der Waals surface area contributed by atoms with Gasteiger partial charge < -0.3 is 10.3 Å². The lowest BCUT2D eigenvalue weighted by Crippen LogP contribution is -2.53. The van der Waals surface area contributed by atoms with Gasteiger partial charge in [-0.3, -0.25) is 4.79 Å². The monoisotopic (exact) mass is 213 g/mol. The molecule has 81 valence electrons. The number of amides is 1. The van der Waals surface area contributed by atoms with Crippen LogP contribution in [0.3, 0.4) is 0 Å². The summed E-state index contributed by atoms with van der Waals surface area (Å²) in [6, 6.07) is 2.31. The molecule has 14 heavy (non-hydrogen) atoms. The summed E-state index contributed by atoms with van der Waals surface area (Å²) in [5, 5.41) is 0. The van der Waals surface area contributed by atoms with Gasteiger partial charge in [0.2, 0.25) is 5.91 Å². The van der Waals surface area contributed by atoms with E-state index in [4.69, 9.17) is 5.73 Å². The molecule has 0 atom stereocenters. The van der Waals surface area contributed by atoms with E-state index < -0.39 is 8.96 Å². The quantitative estimate of drug-likeness (QED) is 0.394. The van der Waals surface area contributed by atoms with Crippen molar-refractivity contribution in [3.8, 4) is 0 Å². The van der Waals surface area contributed by atoms with E-state index in [1.807, 2.05) is 0 Å². The van der Waals surface area contributed by atoms with Crippen molar-refractivity contribution in [3.05, 3.63) is 0 Å². The van der Waals surface area contributed by atoms with Crippen LogP contribution in [-0.2, 0) is 4.79 Å². The van der Waals surface area contributed by atoms with E-state index in [9.17, 15) is 4.79 Å². The van der Waals surface area contributed by atoms with Crippen molar-refractivity contribution >= 4 is 14.9 Å². The maximum atomic E-state index is 11.3. The number of nitrogens with two attached hydrogens (primary N) is 1. The van der Waals surface area contributed by atoms with Crippen LogP contribution in [0, 0.1) is 0 Å². The van der Waals surface area contributed by atoms with Crippen molar-refractivity contribution < 1.29 is 4.79 Å². The molecule has 0 saturated carbocycles. The average Bonchev–Trinajstić information content (AvgIpc) is 2.16. The fourth-order valence-electron chi connectivity index (χ4n) is 1.79. The summed E-state index contributed by atoms with van der Waals surface area (Å²) in [7, 11) is -0.600. The van der Waals surface area contributed by atoms with Crippen LogP contribution in [0.2, 0.25) is 12.1 Å². The van der Waals surface area contributed by atoms with Crippen LogP contribution in [-0.4, -0.2) is 32.5 Å². The first-order valence-corrected chi connectivity index (χ1v) is 7.51. The first kappa shape index (κ1) is 11.7. The predicted octanol–water partition coefficient (Wildman–Crippen LogP) is 1.36. The molecule has 0 aromatic carbocycles. The molecular formula is C10H21N2OSi. The Bertz CT molecular complexity index is 187. The van der Waals surface area contributed by atoms with Crippen LogP contribution >= 0.6 is 0 Å². The summed E-state index contributed by atoms with van der Waals surface area (Å²) >= 11 is 0. The average molecular weight is 213 g/mol. The lowest BCUT2D eigenvalue weighted by atomic mass is 10.3. The summed E-state index contributed by atoms with van der Waals surface area (Å²) in [6.45, 7) is 3.95. The molecule has 1 aliphatic heterocycles. The fraction of sp³-hybridized carbons (Fsp3) is 0.900. The molecule has 0 unspecified atom stereocenters. The molecule has 4 heteroatoms. The van der Waals surface area contributed by atoms with Crippen molar-refractivity contribution in [3.63, 3.8) is 0 Å². The lowest BCUT2D eigenvalue weighted by Gasteiger charge is -2.37. The molecule has 1 fully saturated rings. The van der Waals surface area contributed by atoms with Crippen molar-refractivity contribution in [1.82, 2.24) is 4.57 Å². The standard InChI is InChI=1S/C10H21N2OSi/c1-2-3-4-8-14(9-6-11)12-7-5-10(12)13/h2-9,11H2,1H3. The number of unbranched alkanes of at least 4 members (excludes halogenated alkanes) is 2. The highest BCUT2D eigenvalue weighted by atomic mass is 28.3. The third-order valence-electron chi connectivity index (χ3n) is 2.73. The number of rotatable bonds is 7. The van der Waals surface area contributed by atoms with Crippen LogP contribution in [0.25, 0.3) is 0 Å². The van der Waals surface area contributed by atoms with Gasteiger partial charge in [-0.15, -0.1) is 0 Å². The molecule has 0 spiro atoms. The van der Waals surface area contributed by atoms with Gasteiger partial charge in [0.05, 0.1) is 0 Å². The zero-order valence-corrected chi connectivity index (χ0v) is 10.1. The summed E-state index contributed by atoms with van der Waals surface area (Å²) in [5.74, 6) is 0.365. The molecule has 1 radical (unpaired) electrons. The number of nitrogens with zero attached hydrogens (tertiary/aromatic N) is 1. The normalized spacial score (nSPS) is 16.2. The summed E-state index contributed by atoms with van der Waals surface area (Å²) < 4.78 is 2.10. The first-order valence-electron chi connectivity index (χ1n) is 5.64.